The minimum absolute atomic E-state index is 0.0397. The first-order valence-electron chi connectivity index (χ1n) is 8.55. The Morgan fingerprint density at radius 2 is 1.65 bits per heavy atom. The van der Waals surface area contributed by atoms with Crippen LogP contribution in [0, 0.1) is 0 Å². The Labute approximate surface area is 138 Å². The zero-order valence-corrected chi connectivity index (χ0v) is 14.3. The summed E-state index contributed by atoms with van der Waals surface area (Å²) >= 11 is 0. The van der Waals surface area contributed by atoms with Gasteiger partial charge in [-0.3, -0.25) is 9.69 Å². The molecule has 0 atom stereocenters. The van der Waals surface area contributed by atoms with Crippen LogP contribution in [-0.4, -0.2) is 22.4 Å². The maximum absolute atomic E-state index is 12.8. The number of benzene rings is 1. The van der Waals surface area contributed by atoms with Crippen LogP contribution >= 0.6 is 0 Å². The van der Waals surface area contributed by atoms with Gasteiger partial charge in [-0.2, -0.15) is 0 Å². The van der Waals surface area contributed by atoms with E-state index < -0.39 is 5.54 Å². The van der Waals surface area contributed by atoms with E-state index in [-0.39, 0.29) is 17.4 Å². The summed E-state index contributed by atoms with van der Waals surface area (Å²) < 4.78 is 0. The molecule has 124 valence electrons. The third-order valence-corrected chi connectivity index (χ3v) is 5.11. The highest BCUT2D eigenvalue weighted by Gasteiger charge is 2.51. The van der Waals surface area contributed by atoms with Gasteiger partial charge in [0.2, 0.25) is 0 Å². The van der Waals surface area contributed by atoms with Gasteiger partial charge in [-0.05, 0) is 29.4 Å². The number of rotatable bonds is 2. The van der Waals surface area contributed by atoms with Crippen LogP contribution in [0.3, 0.4) is 0 Å². The van der Waals surface area contributed by atoms with Crippen molar-refractivity contribution in [3.63, 3.8) is 0 Å². The lowest BCUT2D eigenvalue weighted by Crippen LogP contribution is -2.48. The summed E-state index contributed by atoms with van der Waals surface area (Å²) in [5, 5.41) is 2.96. The van der Waals surface area contributed by atoms with E-state index in [1.54, 1.807) is 0 Å². The van der Waals surface area contributed by atoms with Crippen molar-refractivity contribution < 1.29 is 9.59 Å². The van der Waals surface area contributed by atoms with Gasteiger partial charge in [-0.25, -0.2) is 4.79 Å². The molecule has 2 aliphatic rings. The van der Waals surface area contributed by atoms with E-state index in [1.807, 2.05) is 12.1 Å². The second-order valence-electron chi connectivity index (χ2n) is 7.91. The number of urea groups is 1. The number of amides is 3. The summed E-state index contributed by atoms with van der Waals surface area (Å²) in [6.07, 6.45) is 4.73. The van der Waals surface area contributed by atoms with Crippen LogP contribution in [0.5, 0.6) is 0 Å². The van der Waals surface area contributed by atoms with E-state index in [2.05, 4.69) is 38.2 Å². The number of imide groups is 1. The van der Waals surface area contributed by atoms with Gasteiger partial charge >= 0.3 is 6.03 Å². The molecule has 1 aliphatic carbocycles. The Kier molecular flexibility index (Phi) is 3.95. The second-order valence-corrected chi connectivity index (χ2v) is 7.91. The minimum Gasteiger partial charge on any atom is -0.323 e. The predicted molar refractivity (Wildman–Crippen MR) is 90.0 cm³/mol. The lowest BCUT2D eigenvalue weighted by atomic mass is 9.81. The SMILES string of the molecule is CC(C)(C)c1ccc(CN2C(=O)NC3(CCCCC3)C2=O)cc1. The van der Waals surface area contributed by atoms with Crippen molar-refractivity contribution in [1.29, 1.82) is 0 Å². The van der Waals surface area contributed by atoms with Crippen molar-refractivity contribution in [3.8, 4) is 0 Å². The van der Waals surface area contributed by atoms with Crippen molar-refractivity contribution >= 4 is 11.9 Å². The number of nitrogens with zero attached hydrogens (tertiary/aromatic N) is 1. The average molecular weight is 314 g/mol. The molecule has 1 saturated heterocycles. The first-order chi connectivity index (χ1) is 10.8. The average Bonchev–Trinajstić information content (AvgIpc) is 2.72. The molecule has 1 saturated carbocycles. The molecule has 1 aromatic rings. The minimum atomic E-state index is -0.624. The lowest BCUT2D eigenvalue weighted by molar-refractivity contribution is -0.132. The Balaban J connectivity index is 1.75. The molecular weight excluding hydrogens is 288 g/mol. The first kappa shape index (κ1) is 16.0. The Bertz CT molecular complexity index is 607. The zero-order chi connectivity index (χ0) is 16.7. The van der Waals surface area contributed by atoms with Crippen LogP contribution in [0.1, 0.15) is 64.0 Å². The smallest absolute Gasteiger partial charge is 0.323 e. The van der Waals surface area contributed by atoms with E-state index in [1.165, 1.54) is 10.5 Å². The molecule has 4 nitrogen and oxygen atoms in total. The summed E-state index contributed by atoms with van der Waals surface area (Å²) in [6.45, 7) is 6.88. The molecule has 3 amide bonds. The van der Waals surface area contributed by atoms with E-state index in [0.29, 0.717) is 6.54 Å². The van der Waals surface area contributed by atoms with Crippen LogP contribution in [0.25, 0.3) is 0 Å². The highest BCUT2D eigenvalue weighted by molar-refractivity contribution is 6.07. The molecule has 3 rings (SSSR count). The van der Waals surface area contributed by atoms with Crippen LogP contribution in [0.2, 0.25) is 0 Å². The van der Waals surface area contributed by atoms with E-state index >= 15 is 0 Å². The monoisotopic (exact) mass is 314 g/mol. The number of hydrogen-bond donors (Lipinski definition) is 1. The van der Waals surface area contributed by atoms with Gasteiger partial charge in [0.05, 0.1) is 6.54 Å². The highest BCUT2D eigenvalue weighted by Crippen LogP contribution is 2.34. The van der Waals surface area contributed by atoms with Crippen LogP contribution < -0.4 is 5.32 Å². The third-order valence-electron chi connectivity index (χ3n) is 5.11. The number of nitrogens with one attached hydrogen (secondary N) is 1. The standard InChI is InChI=1S/C19H26N2O2/c1-18(2,3)15-9-7-14(8-10-15)13-21-16(22)19(20-17(21)23)11-5-4-6-12-19/h7-10H,4-6,11-13H2,1-3H3,(H,20,23). The van der Waals surface area contributed by atoms with E-state index in [0.717, 1.165) is 37.7 Å². The molecule has 23 heavy (non-hydrogen) atoms. The topological polar surface area (TPSA) is 49.4 Å². The highest BCUT2D eigenvalue weighted by atomic mass is 16.2. The molecule has 1 aromatic carbocycles. The maximum atomic E-state index is 12.8. The van der Waals surface area contributed by atoms with Gasteiger partial charge in [0.15, 0.2) is 0 Å². The molecule has 2 fully saturated rings. The van der Waals surface area contributed by atoms with Crippen molar-refractivity contribution in [3.05, 3.63) is 35.4 Å². The van der Waals surface area contributed by atoms with Gasteiger partial charge in [-0.15, -0.1) is 0 Å². The number of carbonyl (C=O) groups is 2. The first-order valence-corrected chi connectivity index (χ1v) is 8.55. The molecule has 0 unspecified atom stereocenters. The molecule has 0 radical (unpaired) electrons. The zero-order valence-electron chi connectivity index (χ0n) is 14.3. The summed E-state index contributed by atoms with van der Waals surface area (Å²) in [4.78, 5) is 26.4. The summed E-state index contributed by atoms with van der Waals surface area (Å²) in [6, 6.07) is 7.98. The molecule has 0 aromatic heterocycles. The van der Waals surface area contributed by atoms with Crippen molar-refractivity contribution in [2.45, 2.75) is 70.4 Å². The fourth-order valence-corrected chi connectivity index (χ4v) is 3.61. The van der Waals surface area contributed by atoms with Gasteiger partial charge in [-0.1, -0.05) is 64.3 Å². The van der Waals surface area contributed by atoms with E-state index in [9.17, 15) is 9.59 Å². The molecule has 0 bridgehead atoms. The largest absolute Gasteiger partial charge is 0.325 e. The van der Waals surface area contributed by atoms with Crippen LogP contribution in [0.15, 0.2) is 24.3 Å². The van der Waals surface area contributed by atoms with Gasteiger partial charge in [0, 0.05) is 0 Å². The Hall–Kier alpha value is -1.84. The maximum Gasteiger partial charge on any atom is 0.325 e. The second kappa shape index (κ2) is 5.66. The number of carbonyl (C=O) groups excluding carboxylic acids is 2. The fraction of sp³-hybridized carbons (Fsp3) is 0.579. The molecule has 4 heteroatoms. The van der Waals surface area contributed by atoms with Crippen molar-refractivity contribution in [2.75, 3.05) is 0 Å². The Morgan fingerprint density at radius 1 is 1.04 bits per heavy atom. The molecule has 1 N–H and O–H groups in total. The van der Waals surface area contributed by atoms with E-state index in [4.69, 9.17) is 0 Å². The molecule has 1 aliphatic heterocycles. The lowest BCUT2D eigenvalue weighted by Gasteiger charge is -2.30. The third kappa shape index (κ3) is 2.99. The van der Waals surface area contributed by atoms with Crippen LogP contribution in [0.4, 0.5) is 4.79 Å². The van der Waals surface area contributed by atoms with Gasteiger partial charge < -0.3 is 5.32 Å². The summed E-state index contributed by atoms with van der Waals surface area (Å²) in [5.41, 5.74) is 1.73. The van der Waals surface area contributed by atoms with Crippen molar-refractivity contribution in [2.24, 2.45) is 0 Å². The molecule has 1 heterocycles. The summed E-state index contributed by atoms with van der Waals surface area (Å²) in [7, 11) is 0. The molecule has 1 spiro atoms. The number of hydrogen-bond acceptors (Lipinski definition) is 2. The fourth-order valence-electron chi connectivity index (χ4n) is 3.61. The summed E-state index contributed by atoms with van der Waals surface area (Å²) in [5.74, 6) is -0.0397. The van der Waals surface area contributed by atoms with Gasteiger partial charge in [0.1, 0.15) is 5.54 Å². The molecular formula is C19H26N2O2. The van der Waals surface area contributed by atoms with Gasteiger partial charge in [0.25, 0.3) is 5.91 Å². The Morgan fingerprint density at radius 3 is 2.22 bits per heavy atom. The predicted octanol–water partition coefficient (Wildman–Crippen LogP) is 3.74. The quantitative estimate of drug-likeness (QED) is 0.845. The van der Waals surface area contributed by atoms with Crippen LogP contribution in [-0.2, 0) is 16.8 Å². The normalized spacial score (nSPS) is 20.9. The van der Waals surface area contributed by atoms with Crippen molar-refractivity contribution in [1.82, 2.24) is 10.2 Å².